The molecule has 0 radical (unpaired) electrons. The lowest BCUT2D eigenvalue weighted by molar-refractivity contribution is -0.114. The summed E-state index contributed by atoms with van der Waals surface area (Å²) in [5.41, 5.74) is 3.70. The van der Waals surface area contributed by atoms with Crippen LogP contribution in [0.15, 0.2) is 47.6 Å². The first kappa shape index (κ1) is 20.9. The van der Waals surface area contributed by atoms with Gasteiger partial charge in [0.15, 0.2) is 5.15 Å². The first-order valence-electron chi connectivity index (χ1n) is 8.40. The molecule has 0 aliphatic heterocycles. The maximum atomic E-state index is 11.3. The van der Waals surface area contributed by atoms with Gasteiger partial charge in [0.2, 0.25) is 5.91 Å². The van der Waals surface area contributed by atoms with Gasteiger partial charge in [-0.25, -0.2) is 9.97 Å². The van der Waals surface area contributed by atoms with Crippen molar-refractivity contribution in [3.63, 3.8) is 0 Å². The Morgan fingerprint density at radius 2 is 2.00 bits per heavy atom. The molecule has 9 heteroatoms. The van der Waals surface area contributed by atoms with E-state index in [9.17, 15) is 4.79 Å². The zero-order valence-corrected chi connectivity index (χ0v) is 17.8. The van der Waals surface area contributed by atoms with Crippen LogP contribution in [-0.2, 0) is 4.79 Å². The molecule has 0 saturated carbocycles. The predicted molar refractivity (Wildman–Crippen MR) is 117 cm³/mol. The lowest BCUT2D eigenvalue weighted by atomic mass is 10.0. The van der Waals surface area contributed by atoms with E-state index in [0.717, 1.165) is 21.6 Å². The summed E-state index contributed by atoms with van der Waals surface area (Å²) in [6.45, 7) is 3.35. The minimum absolute atomic E-state index is 0.196. The van der Waals surface area contributed by atoms with Gasteiger partial charge in [0.05, 0.1) is 22.3 Å². The zero-order valence-electron chi connectivity index (χ0n) is 15.5. The minimum atomic E-state index is -0.196. The smallest absolute Gasteiger partial charge is 0.222 e. The molecule has 3 rings (SSSR count). The summed E-state index contributed by atoms with van der Waals surface area (Å²) in [6.07, 6.45) is 3.29. The fourth-order valence-electron chi connectivity index (χ4n) is 2.59. The highest BCUT2D eigenvalue weighted by molar-refractivity contribution is 8.00. The molecule has 29 heavy (non-hydrogen) atoms. The van der Waals surface area contributed by atoms with Gasteiger partial charge in [-0.3, -0.25) is 4.79 Å². The number of halogens is 2. The van der Waals surface area contributed by atoms with E-state index < -0.39 is 0 Å². The number of nitriles is 1. The Morgan fingerprint density at radius 1 is 1.21 bits per heavy atom. The number of hydrogen-bond acceptors (Lipinski definition) is 6. The summed E-state index contributed by atoms with van der Waals surface area (Å²) in [5.74, 6) is 0.260. The van der Waals surface area contributed by atoms with Crippen LogP contribution in [0.25, 0.3) is 11.1 Å². The third-order valence-electron chi connectivity index (χ3n) is 3.99. The van der Waals surface area contributed by atoms with Crippen LogP contribution < -0.4 is 10.0 Å². The summed E-state index contributed by atoms with van der Waals surface area (Å²) in [5, 5.41) is 12.4. The molecule has 0 aliphatic rings. The molecule has 3 aromatic rings. The highest BCUT2D eigenvalue weighted by Crippen LogP contribution is 2.36. The van der Waals surface area contributed by atoms with Gasteiger partial charge in [-0.1, -0.05) is 23.2 Å². The van der Waals surface area contributed by atoms with E-state index in [1.807, 2.05) is 13.0 Å². The Hall–Kier alpha value is -2.79. The molecule has 0 fully saturated rings. The quantitative estimate of drug-likeness (QED) is 0.387. The lowest BCUT2D eigenvalue weighted by Crippen LogP contribution is -2.07. The molecule has 146 valence electrons. The second-order valence-corrected chi connectivity index (χ2v) is 7.65. The number of hydrogen-bond donors (Lipinski definition) is 2. The fourth-order valence-corrected chi connectivity index (χ4v) is 3.93. The van der Waals surface area contributed by atoms with E-state index in [-0.39, 0.29) is 5.91 Å². The summed E-state index contributed by atoms with van der Waals surface area (Å²) < 4.78 is 3.20. The van der Waals surface area contributed by atoms with Crippen molar-refractivity contribution in [1.29, 1.82) is 5.26 Å². The van der Waals surface area contributed by atoms with Gasteiger partial charge in [-0.05, 0) is 60.3 Å². The number of benzene rings is 1. The van der Waals surface area contributed by atoms with E-state index in [1.54, 1.807) is 36.7 Å². The van der Waals surface area contributed by atoms with Crippen molar-refractivity contribution in [3.05, 3.63) is 64.0 Å². The van der Waals surface area contributed by atoms with Crippen LogP contribution in [0.5, 0.6) is 0 Å². The van der Waals surface area contributed by atoms with Crippen molar-refractivity contribution in [2.24, 2.45) is 0 Å². The molecule has 1 aromatic carbocycles. The molecule has 0 aliphatic carbocycles. The van der Waals surface area contributed by atoms with Crippen molar-refractivity contribution < 1.29 is 4.79 Å². The molecule has 2 N–H and O–H groups in total. The van der Waals surface area contributed by atoms with Gasteiger partial charge in [0.1, 0.15) is 5.82 Å². The summed E-state index contributed by atoms with van der Waals surface area (Å²) in [6, 6.07) is 10.7. The molecular weight excluding hydrogens is 429 g/mol. The Kier molecular flexibility index (Phi) is 6.60. The Balaban J connectivity index is 1.90. The van der Waals surface area contributed by atoms with Gasteiger partial charge in [0, 0.05) is 29.8 Å². The lowest BCUT2D eigenvalue weighted by Gasteiger charge is -2.15. The number of rotatable bonds is 5. The molecule has 0 unspecified atom stereocenters. The van der Waals surface area contributed by atoms with Crippen LogP contribution in [0.1, 0.15) is 18.1 Å². The number of carbonyl (C=O) groups is 1. The molecule has 0 bridgehead atoms. The average Bonchev–Trinajstić information content (AvgIpc) is 2.68. The van der Waals surface area contributed by atoms with Gasteiger partial charge >= 0.3 is 0 Å². The first-order valence-corrected chi connectivity index (χ1v) is 9.98. The van der Waals surface area contributed by atoms with Crippen LogP contribution in [0, 0.1) is 18.3 Å². The van der Waals surface area contributed by atoms with Gasteiger partial charge < -0.3 is 10.0 Å². The van der Waals surface area contributed by atoms with Gasteiger partial charge in [0.25, 0.3) is 0 Å². The number of anilines is 2. The fraction of sp³-hybridized carbons (Fsp3) is 0.100. The van der Waals surface area contributed by atoms with E-state index in [1.165, 1.54) is 18.9 Å². The van der Waals surface area contributed by atoms with E-state index >= 15 is 0 Å². The summed E-state index contributed by atoms with van der Waals surface area (Å²) in [4.78, 5) is 20.5. The second-order valence-electron chi connectivity index (χ2n) is 6.03. The zero-order chi connectivity index (χ0) is 21.0. The van der Waals surface area contributed by atoms with E-state index in [2.05, 4.69) is 26.1 Å². The standard InChI is InChI=1S/C20H15Cl2N5OS/c1-11-15(14-5-6-24-18(8-14)26-12(2)28)10-25-20(22)19(11)27-29-17-4-3-13(9-23)7-16(17)21/h3-8,10,27H,1-2H3,(H,24,26,28). The highest BCUT2D eigenvalue weighted by Gasteiger charge is 2.14. The molecule has 0 atom stereocenters. The molecule has 6 nitrogen and oxygen atoms in total. The number of amides is 1. The van der Waals surface area contributed by atoms with Crippen molar-refractivity contribution in [3.8, 4) is 17.2 Å². The van der Waals surface area contributed by atoms with Crippen LogP contribution in [0.2, 0.25) is 10.2 Å². The van der Waals surface area contributed by atoms with Crippen molar-refractivity contribution in [2.75, 3.05) is 10.0 Å². The van der Waals surface area contributed by atoms with Crippen LogP contribution in [0.4, 0.5) is 11.5 Å². The third-order valence-corrected chi connectivity index (χ3v) is 5.58. The highest BCUT2D eigenvalue weighted by atomic mass is 35.5. The van der Waals surface area contributed by atoms with Crippen LogP contribution in [0.3, 0.4) is 0 Å². The second kappa shape index (κ2) is 9.14. The summed E-state index contributed by atoms with van der Waals surface area (Å²) >= 11 is 13.8. The number of nitrogens with one attached hydrogen (secondary N) is 2. The number of pyridine rings is 2. The SMILES string of the molecule is CC(=O)Nc1cc(-c2cnc(Cl)c(NSc3ccc(C#N)cc3Cl)c2C)ccn1. The Bertz CT molecular complexity index is 1130. The van der Waals surface area contributed by atoms with Gasteiger partial charge in [-0.2, -0.15) is 5.26 Å². The average molecular weight is 444 g/mol. The number of nitrogens with zero attached hydrogens (tertiary/aromatic N) is 3. The summed E-state index contributed by atoms with van der Waals surface area (Å²) in [7, 11) is 0. The van der Waals surface area contributed by atoms with Crippen LogP contribution >= 0.6 is 35.1 Å². The topological polar surface area (TPSA) is 90.7 Å². The van der Waals surface area contributed by atoms with Crippen molar-refractivity contribution in [2.45, 2.75) is 18.7 Å². The number of carbonyl (C=O) groups excluding carboxylic acids is 1. The van der Waals surface area contributed by atoms with E-state index in [4.69, 9.17) is 28.5 Å². The van der Waals surface area contributed by atoms with Crippen molar-refractivity contribution in [1.82, 2.24) is 9.97 Å². The maximum Gasteiger partial charge on any atom is 0.222 e. The molecule has 0 saturated heterocycles. The molecule has 2 aromatic heterocycles. The van der Waals surface area contributed by atoms with Crippen molar-refractivity contribution >= 4 is 52.6 Å². The molecule has 2 heterocycles. The van der Waals surface area contributed by atoms with E-state index in [0.29, 0.717) is 27.2 Å². The Labute approximate surface area is 182 Å². The molecule has 1 amide bonds. The maximum absolute atomic E-state index is 11.3. The number of aromatic nitrogens is 2. The minimum Gasteiger partial charge on any atom is -0.323 e. The van der Waals surface area contributed by atoms with Crippen LogP contribution in [-0.4, -0.2) is 15.9 Å². The molecule has 0 spiro atoms. The third kappa shape index (κ3) is 4.98. The first-order chi connectivity index (χ1) is 13.9. The van der Waals surface area contributed by atoms with Gasteiger partial charge in [-0.15, -0.1) is 0 Å². The predicted octanol–water partition coefficient (Wildman–Crippen LogP) is 5.71. The Morgan fingerprint density at radius 3 is 2.69 bits per heavy atom. The normalized spacial score (nSPS) is 10.3. The monoisotopic (exact) mass is 443 g/mol. The molecular formula is C20H15Cl2N5OS. The largest absolute Gasteiger partial charge is 0.323 e.